The number of rotatable bonds is 3. The lowest BCUT2D eigenvalue weighted by molar-refractivity contribution is -0.111. The minimum atomic E-state index is -0.314. The Bertz CT molecular complexity index is 708. The number of nitrogens with one attached hydrogen (secondary N) is 1. The predicted molar refractivity (Wildman–Crippen MR) is 86.7 cm³/mol. The van der Waals surface area contributed by atoms with Crippen molar-refractivity contribution in [2.24, 2.45) is 0 Å². The average Bonchev–Trinajstić information content (AvgIpc) is 2.43. The third-order valence-electron chi connectivity index (χ3n) is 3.03. The zero-order chi connectivity index (χ0) is 15.4. The van der Waals surface area contributed by atoms with Crippen LogP contribution in [0.5, 0.6) is 5.75 Å². The van der Waals surface area contributed by atoms with E-state index in [9.17, 15) is 9.90 Å². The molecule has 0 aliphatic rings. The lowest BCUT2D eigenvalue weighted by atomic mass is 10.1. The molecule has 0 saturated heterocycles. The van der Waals surface area contributed by atoms with Crippen LogP contribution < -0.4 is 5.32 Å². The van der Waals surface area contributed by atoms with Crippen molar-refractivity contribution in [1.29, 1.82) is 0 Å². The van der Waals surface area contributed by atoms with E-state index in [1.165, 1.54) is 6.08 Å². The summed E-state index contributed by atoms with van der Waals surface area (Å²) in [5.41, 5.74) is 3.14. The van der Waals surface area contributed by atoms with Gasteiger partial charge in [0, 0.05) is 11.1 Å². The molecular weight excluding hydrogens is 286 g/mol. The highest BCUT2D eigenvalue weighted by atomic mass is 35.5. The molecule has 2 aromatic rings. The van der Waals surface area contributed by atoms with Gasteiger partial charge in [-0.05, 0) is 54.8 Å². The van der Waals surface area contributed by atoms with Gasteiger partial charge in [-0.15, -0.1) is 0 Å². The van der Waals surface area contributed by atoms with Crippen molar-refractivity contribution in [1.82, 2.24) is 0 Å². The van der Waals surface area contributed by atoms with Crippen LogP contribution in [0.3, 0.4) is 0 Å². The van der Waals surface area contributed by atoms with Crippen molar-refractivity contribution >= 4 is 29.3 Å². The highest BCUT2D eigenvalue weighted by Crippen LogP contribution is 2.24. The van der Waals surface area contributed by atoms with Crippen molar-refractivity contribution in [3.05, 3.63) is 64.2 Å². The summed E-state index contributed by atoms with van der Waals surface area (Å²) in [5, 5.41) is 13.0. The summed E-state index contributed by atoms with van der Waals surface area (Å²) in [5.74, 6) is -0.263. The van der Waals surface area contributed by atoms with Gasteiger partial charge in [0.05, 0.1) is 5.69 Å². The minimum Gasteiger partial charge on any atom is -0.506 e. The van der Waals surface area contributed by atoms with Crippen LogP contribution in [0.2, 0.25) is 5.02 Å². The molecule has 0 bridgehead atoms. The lowest BCUT2D eigenvalue weighted by Crippen LogP contribution is -2.07. The second kappa shape index (κ2) is 6.46. The van der Waals surface area contributed by atoms with E-state index >= 15 is 0 Å². The van der Waals surface area contributed by atoms with E-state index < -0.39 is 0 Å². The number of anilines is 1. The molecule has 1 amide bonds. The van der Waals surface area contributed by atoms with Gasteiger partial charge < -0.3 is 10.4 Å². The third kappa shape index (κ3) is 4.10. The van der Waals surface area contributed by atoms with Crippen LogP contribution in [0.4, 0.5) is 5.69 Å². The van der Waals surface area contributed by atoms with Crippen molar-refractivity contribution in [2.45, 2.75) is 13.8 Å². The van der Waals surface area contributed by atoms with Crippen LogP contribution >= 0.6 is 11.6 Å². The van der Waals surface area contributed by atoms with Crippen LogP contribution in [-0.4, -0.2) is 11.0 Å². The van der Waals surface area contributed by atoms with Crippen molar-refractivity contribution < 1.29 is 9.90 Å². The summed E-state index contributed by atoms with van der Waals surface area (Å²) >= 11 is 6.03. The first kappa shape index (κ1) is 15.1. The molecule has 0 spiro atoms. The lowest BCUT2D eigenvalue weighted by Gasteiger charge is -2.05. The molecule has 2 rings (SSSR count). The van der Waals surface area contributed by atoms with Gasteiger partial charge in [-0.2, -0.15) is 0 Å². The van der Waals surface area contributed by atoms with Gasteiger partial charge in [0.15, 0.2) is 0 Å². The zero-order valence-corrected chi connectivity index (χ0v) is 12.6. The second-order valence-electron chi connectivity index (χ2n) is 4.85. The molecule has 0 saturated carbocycles. The summed E-state index contributed by atoms with van der Waals surface area (Å²) in [6, 6.07) is 10.7. The van der Waals surface area contributed by atoms with E-state index in [0.717, 1.165) is 16.7 Å². The smallest absolute Gasteiger partial charge is 0.248 e. The fourth-order valence-electron chi connectivity index (χ4n) is 1.81. The first-order chi connectivity index (χ1) is 9.95. The molecule has 2 aromatic carbocycles. The Morgan fingerprint density at radius 2 is 1.95 bits per heavy atom. The molecule has 21 heavy (non-hydrogen) atoms. The number of benzene rings is 2. The number of phenolic OH excluding ortho intramolecular Hbond substituents is 1. The van der Waals surface area contributed by atoms with E-state index in [1.54, 1.807) is 24.3 Å². The molecule has 0 atom stereocenters. The Labute approximate surface area is 128 Å². The Hall–Kier alpha value is -2.26. The number of hydrogen-bond acceptors (Lipinski definition) is 2. The Morgan fingerprint density at radius 1 is 1.19 bits per heavy atom. The first-order valence-corrected chi connectivity index (χ1v) is 6.88. The van der Waals surface area contributed by atoms with E-state index in [4.69, 9.17) is 11.6 Å². The summed E-state index contributed by atoms with van der Waals surface area (Å²) in [6.07, 6.45) is 3.08. The second-order valence-corrected chi connectivity index (χ2v) is 5.26. The maximum absolute atomic E-state index is 11.8. The largest absolute Gasteiger partial charge is 0.506 e. The average molecular weight is 302 g/mol. The monoisotopic (exact) mass is 301 g/mol. The molecule has 3 nitrogen and oxygen atoms in total. The van der Waals surface area contributed by atoms with Crippen molar-refractivity contribution in [3.8, 4) is 5.75 Å². The molecule has 0 heterocycles. The Morgan fingerprint density at radius 3 is 2.62 bits per heavy atom. The fourth-order valence-corrected chi connectivity index (χ4v) is 2.00. The van der Waals surface area contributed by atoms with Gasteiger partial charge in [0.25, 0.3) is 0 Å². The highest BCUT2D eigenvalue weighted by Gasteiger charge is 2.04. The molecule has 4 heteroatoms. The summed E-state index contributed by atoms with van der Waals surface area (Å²) in [4.78, 5) is 11.8. The zero-order valence-electron chi connectivity index (χ0n) is 11.9. The van der Waals surface area contributed by atoms with Gasteiger partial charge in [0.1, 0.15) is 5.75 Å². The predicted octanol–water partition coefficient (Wildman–Crippen LogP) is 4.31. The van der Waals surface area contributed by atoms with Gasteiger partial charge >= 0.3 is 0 Å². The Kier molecular flexibility index (Phi) is 4.66. The molecule has 0 aliphatic carbocycles. The maximum Gasteiger partial charge on any atom is 0.248 e. The first-order valence-electron chi connectivity index (χ1n) is 6.50. The Balaban J connectivity index is 2.07. The van der Waals surface area contributed by atoms with E-state index in [1.807, 2.05) is 32.0 Å². The quantitative estimate of drug-likeness (QED) is 0.655. The number of amides is 1. The summed E-state index contributed by atoms with van der Waals surface area (Å²) < 4.78 is 0. The maximum atomic E-state index is 11.8. The van der Waals surface area contributed by atoms with Crippen molar-refractivity contribution in [2.75, 3.05) is 5.32 Å². The number of carbonyl (C=O) groups is 1. The number of phenols is 1. The van der Waals surface area contributed by atoms with Gasteiger partial charge in [-0.3, -0.25) is 4.79 Å². The standard InChI is InChI=1S/C17H16ClNO2/c1-11-3-7-15(16(20)9-11)19-17(21)8-6-13-5-4-12(2)14(18)10-13/h3-10,20H,1-2H3,(H,19,21)/b8-6+. The van der Waals surface area contributed by atoms with Crippen LogP contribution in [-0.2, 0) is 4.79 Å². The van der Waals surface area contributed by atoms with Crippen LogP contribution in [0.1, 0.15) is 16.7 Å². The highest BCUT2D eigenvalue weighted by molar-refractivity contribution is 6.31. The number of hydrogen-bond donors (Lipinski definition) is 2. The molecule has 0 fully saturated rings. The molecular formula is C17H16ClNO2. The minimum absolute atomic E-state index is 0.0510. The van der Waals surface area contributed by atoms with E-state index in [2.05, 4.69) is 5.32 Å². The number of halogens is 1. The number of aromatic hydroxyl groups is 1. The van der Waals surface area contributed by atoms with E-state index in [0.29, 0.717) is 10.7 Å². The van der Waals surface area contributed by atoms with Gasteiger partial charge in [-0.1, -0.05) is 29.8 Å². The SMILES string of the molecule is Cc1ccc(NC(=O)/C=C/c2ccc(C)c(Cl)c2)c(O)c1. The molecule has 0 aliphatic heterocycles. The molecule has 0 radical (unpaired) electrons. The summed E-state index contributed by atoms with van der Waals surface area (Å²) in [6.45, 7) is 3.79. The third-order valence-corrected chi connectivity index (χ3v) is 3.44. The van der Waals surface area contributed by atoms with Crippen molar-refractivity contribution in [3.63, 3.8) is 0 Å². The molecule has 0 unspecified atom stereocenters. The topological polar surface area (TPSA) is 49.3 Å². The fraction of sp³-hybridized carbons (Fsp3) is 0.118. The summed E-state index contributed by atoms with van der Waals surface area (Å²) in [7, 11) is 0. The molecule has 108 valence electrons. The number of carbonyl (C=O) groups excluding carboxylic acids is 1. The van der Waals surface area contributed by atoms with Gasteiger partial charge in [0.2, 0.25) is 5.91 Å². The van der Waals surface area contributed by atoms with Crippen LogP contribution in [0.15, 0.2) is 42.5 Å². The normalized spacial score (nSPS) is 10.8. The van der Waals surface area contributed by atoms with Crippen LogP contribution in [0.25, 0.3) is 6.08 Å². The number of aryl methyl sites for hydroxylation is 2. The molecule has 0 aromatic heterocycles. The van der Waals surface area contributed by atoms with E-state index in [-0.39, 0.29) is 11.7 Å². The molecule has 2 N–H and O–H groups in total. The van der Waals surface area contributed by atoms with Gasteiger partial charge in [-0.25, -0.2) is 0 Å². The van der Waals surface area contributed by atoms with Crippen LogP contribution in [0, 0.1) is 13.8 Å².